The highest BCUT2D eigenvalue weighted by Gasteiger charge is 2.30. The third-order valence-corrected chi connectivity index (χ3v) is 6.43. The first-order valence-corrected chi connectivity index (χ1v) is 11.0. The zero-order valence-corrected chi connectivity index (χ0v) is 18.4. The van der Waals surface area contributed by atoms with Gasteiger partial charge in [-0.3, -0.25) is 4.79 Å². The highest BCUT2D eigenvalue weighted by molar-refractivity contribution is 7.89. The summed E-state index contributed by atoms with van der Waals surface area (Å²) in [5, 5.41) is 7.50. The van der Waals surface area contributed by atoms with Crippen LogP contribution in [0.2, 0.25) is 5.02 Å². The third-order valence-electron chi connectivity index (χ3n) is 4.46. The van der Waals surface area contributed by atoms with Crippen molar-refractivity contribution >= 4 is 33.2 Å². The molecule has 0 fully saturated rings. The number of sulfonamides is 1. The third kappa shape index (κ3) is 5.47. The SMILES string of the molecule is Cc1nn(-c2ccc(C(=O)Nc3ccc(S(=O)(=O)NCC(F)(F)F)cc3)cc2)c(C)c1Cl. The fraction of sp³-hybridized carbons (Fsp3) is 0.200. The number of hydrogen-bond acceptors (Lipinski definition) is 4. The summed E-state index contributed by atoms with van der Waals surface area (Å²) in [5.41, 5.74) is 2.78. The number of amides is 1. The Morgan fingerprint density at radius 3 is 2.16 bits per heavy atom. The molecule has 1 aromatic heterocycles. The van der Waals surface area contributed by atoms with Crippen molar-refractivity contribution in [1.82, 2.24) is 14.5 Å². The highest BCUT2D eigenvalue weighted by atomic mass is 35.5. The Labute approximate surface area is 187 Å². The second-order valence-electron chi connectivity index (χ2n) is 6.86. The van der Waals surface area contributed by atoms with Crippen LogP contribution >= 0.6 is 11.6 Å². The predicted molar refractivity (Wildman–Crippen MR) is 114 cm³/mol. The van der Waals surface area contributed by atoms with Crippen LogP contribution in [0.25, 0.3) is 5.69 Å². The number of anilines is 1. The smallest absolute Gasteiger partial charge is 0.322 e. The number of alkyl halides is 3. The van der Waals surface area contributed by atoms with E-state index in [1.165, 1.54) is 16.9 Å². The summed E-state index contributed by atoms with van der Waals surface area (Å²) in [6, 6.07) is 11.4. The van der Waals surface area contributed by atoms with Crippen LogP contribution in [0.4, 0.5) is 18.9 Å². The number of aryl methyl sites for hydroxylation is 1. The lowest BCUT2D eigenvalue weighted by molar-refractivity contribution is -0.121. The molecule has 0 atom stereocenters. The predicted octanol–water partition coefficient (Wildman–Crippen LogP) is 4.24. The minimum atomic E-state index is -4.67. The number of nitrogens with zero attached hydrogens (tertiary/aromatic N) is 2. The van der Waals surface area contributed by atoms with Crippen LogP contribution in [0.15, 0.2) is 53.4 Å². The Bertz CT molecular complexity index is 1240. The van der Waals surface area contributed by atoms with Crippen molar-refractivity contribution in [1.29, 1.82) is 0 Å². The molecule has 32 heavy (non-hydrogen) atoms. The average Bonchev–Trinajstić information content (AvgIpc) is 3.00. The Morgan fingerprint density at radius 1 is 1.06 bits per heavy atom. The molecule has 3 aromatic rings. The van der Waals surface area contributed by atoms with E-state index in [0.717, 1.165) is 23.5 Å². The Kier molecular flexibility index (Phi) is 6.63. The van der Waals surface area contributed by atoms with Gasteiger partial charge in [-0.2, -0.15) is 18.3 Å². The molecule has 3 rings (SSSR count). The Hall–Kier alpha value is -2.89. The molecule has 0 spiro atoms. The van der Waals surface area contributed by atoms with E-state index in [1.54, 1.807) is 35.9 Å². The van der Waals surface area contributed by atoms with Gasteiger partial charge in [-0.15, -0.1) is 0 Å². The van der Waals surface area contributed by atoms with Crippen LogP contribution in [0.1, 0.15) is 21.7 Å². The van der Waals surface area contributed by atoms with Gasteiger partial charge in [-0.1, -0.05) is 11.6 Å². The van der Waals surface area contributed by atoms with Crippen molar-refractivity contribution in [2.45, 2.75) is 24.9 Å². The standard InChI is InChI=1S/C20H18ClF3N4O3S/c1-12-18(21)13(2)28(27-12)16-7-3-14(4-8-16)19(29)26-15-5-9-17(10-6-15)32(30,31)25-11-20(22,23)24/h3-10,25H,11H2,1-2H3,(H,26,29). The van der Waals surface area contributed by atoms with Gasteiger partial charge in [0, 0.05) is 11.3 Å². The summed E-state index contributed by atoms with van der Waals surface area (Å²) in [5.74, 6) is -0.450. The number of nitrogens with one attached hydrogen (secondary N) is 2. The molecule has 0 saturated heterocycles. The maximum absolute atomic E-state index is 12.5. The van der Waals surface area contributed by atoms with E-state index >= 15 is 0 Å². The second kappa shape index (κ2) is 8.93. The Balaban J connectivity index is 1.69. The van der Waals surface area contributed by atoms with Gasteiger partial charge in [-0.25, -0.2) is 17.8 Å². The van der Waals surface area contributed by atoms with Crippen molar-refractivity contribution in [3.8, 4) is 5.69 Å². The van der Waals surface area contributed by atoms with Gasteiger partial charge in [0.05, 0.1) is 27.0 Å². The summed E-state index contributed by atoms with van der Waals surface area (Å²) in [6.45, 7) is 1.94. The van der Waals surface area contributed by atoms with E-state index in [-0.39, 0.29) is 10.6 Å². The lowest BCUT2D eigenvalue weighted by Gasteiger charge is -2.10. The lowest BCUT2D eigenvalue weighted by Crippen LogP contribution is -2.33. The largest absolute Gasteiger partial charge is 0.402 e. The van der Waals surface area contributed by atoms with Gasteiger partial charge >= 0.3 is 6.18 Å². The molecular weight excluding hydrogens is 469 g/mol. The average molecular weight is 487 g/mol. The summed E-state index contributed by atoms with van der Waals surface area (Å²) in [6.07, 6.45) is -4.67. The molecule has 12 heteroatoms. The lowest BCUT2D eigenvalue weighted by atomic mass is 10.2. The molecular formula is C20H18ClF3N4O3S. The number of halogens is 4. The molecule has 170 valence electrons. The summed E-state index contributed by atoms with van der Waals surface area (Å²) >= 11 is 6.16. The fourth-order valence-corrected chi connectivity index (χ4v) is 3.94. The van der Waals surface area contributed by atoms with E-state index in [2.05, 4.69) is 10.4 Å². The van der Waals surface area contributed by atoms with Crippen molar-refractivity contribution in [3.63, 3.8) is 0 Å². The van der Waals surface area contributed by atoms with E-state index in [4.69, 9.17) is 11.6 Å². The number of carbonyl (C=O) groups excluding carboxylic acids is 1. The summed E-state index contributed by atoms with van der Waals surface area (Å²) < 4.78 is 63.7. The molecule has 0 aliphatic heterocycles. The van der Waals surface area contributed by atoms with Crippen LogP contribution in [-0.2, 0) is 10.0 Å². The molecule has 1 heterocycles. The van der Waals surface area contributed by atoms with Crippen molar-refractivity contribution in [2.24, 2.45) is 0 Å². The van der Waals surface area contributed by atoms with Crippen LogP contribution in [-0.4, -0.2) is 36.8 Å². The van der Waals surface area contributed by atoms with E-state index < -0.39 is 28.7 Å². The van der Waals surface area contributed by atoms with Gasteiger partial charge in [0.25, 0.3) is 5.91 Å². The van der Waals surface area contributed by atoms with Crippen LogP contribution in [0, 0.1) is 13.8 Å². The van der Waals surface area contributed by atoms with E-state index in [1.807, 2.05) is 6.92 Å². The molecule has 0 aliphatic rings. The maximum Gasteiger partial charge on any atom is 0.402 e. The van der Waals surface area contributed by atoms with Gasteiger partial charge in [0.15, 0.2) is 0 Å². The topological polar surface area (TPSA) is 93.1 Å². The molecule has 7 nitrogen and oxygen atoms in total. The van der Waals surface area contributed by atoms with Gasteiger partial charge in [0.1, 0.15) is 6.54 Å². The molecule has 0 radical (unpaired) electrons. The van der Waals surface area contributed by atoms with Crippen LogP contribution in [0.5, 0.6) is 0 Å². The minimum Gasteiger partial charge on any atom is -0.322 e. The van der Waals surface area contributed by atoms with Crippen molar-refractivity contribution in [2.75, 3.05) is 11.9 Å². The molecule has 0 unspecified atom stereocenters. The first-order valence-electron chi connectivity index (χ1n) is 9.17. The molecule has 0 aliphatic carbocycles. The normalized spacial score (nSPS) is 12.1. The first kappa shape index (κ1) is 23.8. The highest BCUT2D eigenvalue weighted by Crippen LogP contribution is 2.23. The summed E-state index contributed by atoms with van der Waals surface area (Å²) in [7, 11) is -4.33. The number of benzene rings is 2. The molecule has 1 amide bonds. The van der Waals surface area contributed by atoms with Crippen LogP contribution < -0.4 is 10.0 Å². The zero-order chi connectivity index (χ0) is 23.7. The fourth-order valence-electron chi connectivity index (χ4n) is 2.81. The number of rotatable bonds is 6. The molecule has 0 bridgehead atoms. The monoisotopic (exact) mass is 486 g/mol. The molecule has 2 aromatic carbocycles. The number of aromatic nitrogens is 2. The Morgan fingerprint density at radius 2 is 1.66 bits per heavy atom. The maximum atomic E-state index is 12.5. The van der Waals surface area contributed by atoms with Gasteiger partial charge in [0.2, 0.25) is 10.0 Å². The minimum absolute atomic E-state index is 0.277. The number of hydrogen-bond donors (Lipinski definition) is 2. The van der Waals surface area contributed by atoms with Crippen molar-refractivity contribution < 1.29 is 26.4 Å². The van der Waals surface area contributed by atoms with E-state index in [0.29, 0.717) is 16.3 Å². The van der Waals surface area contributed by atoms with E-state index in [9.17, 15) is 26.4 Å². The molecule has 0 saturated carbocycles. The second-order valence-corrected chi connectivity index (χ2v) is 9.01. The first-order chi connectivity index (χ1) is 14.9. The zero-order valence-electron chi connectivity index (χ0n) is 16.9. The quantitative estimate of drug-likeness (QED) is 0.545. The van der Waals surface area contributed by atoms with Gasteiger partial charge < -0.3 is 5.32 Å². The molecule has 2 N–H and O–H groups in total. The summed E-state index contributed by atoms with van der Waals surface area (Å²) in [4.78, 5) is 12.1. The number of carbonyl (C=O) groups is 1. The van der Waals surface area contributed by atoms with Crippen LogP contribution in [0.3, 0.4) is 0 Å². The van der Waals surface area contributed by atoms with Gasteiger partial charge in [-0.05, 0) is 62.4 Å². The van der Waals surface area contributed by atoms with Crippen molar-refractivity contribution in [3.05, 3.63) is 70.5 Å².